The number of nitrogens with one attached hydrogen (secondary N) is 2. The van der Waals surface area contributed by atoms with Crippen molar-refractivity contribution >= 4 is 29.5 Å². The van der Waals surface area contributed by atoms with Crippen LogP contribution in [0.25, 0.3) is 0 Å². The molecule has 0 aliphatic carbocycles. The first-order chi connectivity index (χ1) is 13.2. The third-order valence-corrected chi connectivity index (χ3v) is 3.36. The highest BCUT2D eigenvalue weighted by molar-refractivity contribution is 6.31. The van der Waals surface area contributed by atoms with Crippen LogP contribution in [0.5, 0.6) is 0 Å². The minimum absolute atomic E-state index is 0.0579. The monoisotopic (exact) mass is 398 g/mol. The van der Waals surface area contributed by atoms with Gasteiger partial charge >= 0.3 is 6.18 Å². The molecule has 28 heavy (non-hydrogen) atoms. The van der Waals surface area contributed by atoms with Crippen molar-refractivity contribution in [2.75, 3.05) is 10.6 Å². The first-order valence-electron chi connectivity index (χ1n) is 8.10. The largest absolute Gasteiger partial charge is 0.416 e. The molecule has 1 aromatic heterocycles. The average molecular weight is 398 g/mol. The fourth-order valence-electron chi connectivity index (χ4n) is 2.04. The lowest BCUT2D eigenvalue weighted by Gasteiger charge is -2.11. The molecule has 0 bridgehead atoms. The summed E-state index contributed by atoms with van der Waals surface area (Å²) >= 11 is 0. The summed E-state index contributed by atoms with van der Waals surface area (Å²) < 4.78 is 42.8. The van der Waals surface area contributed by atoms with Crippen molar-refractivity contribution in [2.24, 2.45) is 5.16 Å². The number of rotatable bonds is 7. The van der Waals surface area contributed by atoms with Crippen molar-refractivity contribution in [1.82, 2.24) is 5.16 Å². The molecule has 1 heterocycles. The van der Waals surface area contributed by atoms with E-state index in [1.807, 2.05) is 0 Å². The smallest absolute Gasteiger partial charge is 0.382 e. The number of benzene rings is 1. The van der Waals surface area contributed by atoms with Gasteiger partial charge in [-0.2, -0.15) is 13.2 Å². The molecule has 1 atom stereocenters. The summed E-state index contributed by atoms with van der Waals surface area (Å²) in [6, 6.07) is 5.64. The molecular formula is C17H17F3N4O4. The van der Waals surface area contributed by atoms with Crippen LogP contribution >= 0.6 is 0 Å². The highest BCUT2D eigenvalue weighted by atomic mass is 19.4. The number of anilines is 2. The molecule has 0 saturated carbocycles. The van der Waals surface area contributed by atoms with Gasteiger partial charge in [0, 0.05) is 11.8 Å². The maximum Gasteiger partial charge on any atom is 0.416 e. The third kappa shape index (κ3) is 6.11. The van der Waals surface area contributed by atoms with Crippen LogP contribution in [0.2, 0.25) is 0 Å². The Balaban J connectivity index is 1.89. The molecule has 0 spiro atoms. The van der Waals surface area contributed by atoms with E-state index in [0.29, 0.717) is 5.76 Å². The Labute approximate surface area is 157 Å². The summed E-state index contributed by atoms with van der Waals surface area (Å²) in [5.74, 6) is -0.655. The number of aryl methyl sites for hydroxylation is 1. The van der Waals surface area contributed by atoms with E-state index >= 15 is 0 Å². The Morgan fingerprint density at radius 2 is 2.07 bits per heavy atom. The molecule has 0 saturated heterocycles. The van der Waals surface area contributed by atoms with Crippen LogP contribution in [0.15, 0.2) is 40.0 Å². The fourth-order valence-corrected chi connectivity index (χ4v) is 2.04. The number of carbonyl (C=O) groups is 2. The second-order valence-corrected chi connectivity index (χ2v) is 5.62. The fraction of sp³-hybridized carbons (Fsp3) is 0.294. The number of oxime groups is 1. The molecule has 0 aliphatic heterocycles. The van der Waals surface area contributed by atoms with Crippen molar-refractivity contribution < 1.29 is 32.1 Å². The second-order valence-electron chi connectivity index (χ2n) is 5.62. The number of halogens is 3. The lowest BCUT2D eigenvalue weighted by atomic mass is 10.2. The minimum Gasteiger partial charge on any atom is -0.382 e. The average Bonchev–Trinajstić information content (AvgIpc) is 3.03. The highest BCUT2D eigenvalue weighted by Crippen LogP contribution is 2.30. The van der Waals surface area contributed by atoms with Crippen molar-refractivity contribution in [3.8, 4) is 0 Å². The molecule has 2 rings (SSSR count). The van der Waals surface area contributed by atoms with Gasteiger partial charge in [0.05, 0.1) is 5.56 Å². The SMILES string of the molecule is CCC(O/N=C/C(=O)Nc1cccc(C(F)(F)F)c1)C(=O)Nc1cc(C)on1. The molecule has 1 aromatic carbocycles. The Morgan fingerprint density at radius 3 is 2.68 bits per heavy atom. The van der Waals surface area contributed by atoms with Crippen LogP contribution in [0, 0.1) is 6.92 Å². The molecule has 1 unspecified atom stereocenters. The van der Waals surface area contributed by atoms with Crippen LogP contribution in [-0.2, 0) is 20.6 Å². The summed E-state index contributed by atoms with van der Waals surface area (Å²) in [4.78, 5) is 28.8. The number of alkyl halides is 3. The second kappa shape index (κ2) is 9.02. The predicted molar refractivity (Wildman–Crippen MR) is 93.6 cm³/mol. The first kappa shape index (κ1) is 20.9. The number of hydrogen-bond donors (Lipinski definition) is 2. The van der Waals surface area contributed by atoms with Gasteiger partial charge in [-0.3, -0.25) is 9.59 Å². The van der Waals surface area contributed by atoms with Gasteiger partial charge in [0.1, 0.15) is 12.0 Å². The highest BCUT2D eigenvalue weighted by Gasteiger charge is 2.30. The van der Waals surface area contributed by atoms with Gasteiger partial charge in [0.2, 0.25) is 6.10 Å². The zero-order valence-electron chi connectivity index (χ0n) is 14.9. The van der Waals surface area contributed by atoms with Crippen molar-refractivity contribution in [1.29, 1.82) is 0 Å². The molecule has 2 N–H and O–H groups in total. The van der Waals surface area contributed by atoms with E-state index in [0.717, 1.165) is 24.4 Å². The van der Waals surface area contributed by atoms with Crippen LogP contribution in [-0.4, -0.2) is 29.3 Å². The van der Waals surface area contributed by atoms with Gasteiger partial charge in [0.15, 0.2) is 5.82 Å². The van der Waals surface area contributed by atoms with E-state index in [9.17, 15) is 22.8 Å². The van der Waals surface area contributed by atoms with Crippen LogP contribution < -0.4 is 10.6 Å². The molecule has 2 amide bonds. The van der Waals surface area contributed by atoms with E-state index < -0.39 is 29.7 Å². The summed E-state index contributed by atoms with van der Waals surface area (Å²) in [6.07, 6.45) is -4.57. The summed E-state index contributed by atoms with van der Waals surface area (Å²) in [5, 5.41) is 11.7. The predicted octanol–water partition coefficient (Wildman–Crippen LogP) is 3.36. The topological polar surface area (TPSA) is 106 Å². The van der Waals surface area contributed by atoms with Gasteiger partial charge in [0.25, 0.3) is 11.8 Å². The molecule has 150 valence electrons. The molecule has 11 heteroatoms. The Bertz CT molecular complexity index is 864. The Kier molecular flexibility index (Phi) is 6.74. The van der Waals surface area contributed by atoms with Crippen LogP contribution in [0.4, 0.5) is 24.7 Å². The van der Waals surface area contributed by atoms with Gasteiger partial charge in [-0.05, 0) is 31.5 Å². The van der Waals surface area contributed by atoms with Gasteiger partial charge in [-0.1, -0.05) is 23.3 Å². The van der Waals surface area contributed by atoms with Gasteiger partial charge < -0.3 is 20.0 Å². The zero-order valence-corrected chi connectivity index (χ0v) is 14.9. The molecular weight excluding hydrogens is 381 g/mol. The quantitative estimate of drug-likeness (QED) is 0.550. The van der Waals surface area contributed by atoms with E-state index in [4.69, 9.17) is 9.36 Å². The summed E-state index contributed by atoms with van der Waals surface area (Å²) in [6.45, 7) is 3.32. The summed E-state index contributed by atoms with van der Waals surface area (Å²) in [5.41, 5.74) is -0.957. The minimum atomic E-state index is -4.53. The third-order valence-electron chi connectivity index (χ3n) is 3.36. The molecule has 0 radical (unpaired) electrons. The van der Waals surface area contributed by atoms with Gasteiger partial charge in [-0.25, -0.2) is 0 Å². The first-order valence-corrected chi connectivity index (χ1v) is 8.10. The van der Waals surface area contributed by atoms with E-state index in [1.54, 1.807) is 13.8 Å². The Morgan fingerprint density at radius 1 is 1.32 bits per heavy atom. The zero-order chi connectivity index (χ0) is 20.7. The number of hydrogen-bond acceptors (Lipinski definition) is 6. The Hall–Kier alpha value is -3.37. The van der Waals surface area contributed by atoms with Crippen LogP contribution in [0.3, 0.4) is 0 Å². The maximum absolute atomic E-state index is 12.7. The lowest BCUT2D eigenvalue weighted by molar-refractivity contribution is -0.137. The van der Waals surface area contributed by atoms with Crippen LogP contribution in [0.1, 0.15) is 24.7 Å². The van der Waals surface area contributed by atoms with Crippen molar-refractivity contribution in [3.05, 3.63) is 41.7 Å². The number of aromatic nitrogens is 1. The van der Waals surface area contributed by atoms with E-state index in [-0.39, 0.29) is 17.9 Å². The van der Waals surface area contributed by atoms with Gasteiger partial charge in [-0.15, -0.1) is 0 Å². The molecule has 2 aromatic rings. The summed E-state index contributed by atoms with van der Waals surface area (Å²) in [7, 11) is 0. The normalized spacial score (nSPS) is 12.6. The molecule has 0 fully saturated rings. The number of amides is 2. The van der Waals surface area contributed by atoms with Crippen molar-refractivity contribution in [3.63, 3.8) is 0 Å². The molecule has 8 nitrogen and oxygen atoms in total. The van der Waals surface area contributed by atoms with E-state index in [1.165, 1.54) is 12.1 Å². The molecule has 0 aliphatic rings. The van der Waals surface area contributed by atoms with E-state index in [2.05, 4.69) is 20.9 Å². The standard InChI is InChI=1S/C17H17F3N4O4/c1-3-13(16(26)23-14-7-10(2)27-24-14)28-21-9-15(25)22-12-6-4-5-11(8-12)17(18,19)20/h4-9,13H,3H2,1-2H3,(H,22,25)(H,23,24,26)/b21-9+. The maximum atomic E-state index is 12.7. The number of carbonyl (C=O) groups excluding carboxylic acids is 2. The number of nitrogens with zero attached hydrogens (tertiary/aromatic N) is 2. The lowest BCUT2D eigenvalue weighted by Crippen LogP contribution is -2.29. The van der Waals surface area contributed by atoms with Crippen molar-refractivity contribution in [2.45, 2.75) is 32.5 Å².